The van der Waals surface area contributed by atoms with Crippen LogP contribution >= 0.6 is 0 Å². The van der Waals surface area contributed by atoms with Crippen LogP contribution in [0, 0.1) is 11.3 Å². The molecule has 0 amide bonds. The van der Waals surface area contributed by atoms with Crippen molar-refractivity contribution in [1.82, 2.24) is 0 Å². The molecule has 1 aliphatic rings. The first-order valence-electron chi connectivity index (χ1n) is 10.6. The Bertz CT molecular complexity index is 962. The third-order valence-corrected chi connectivity index (χ3v) is 6.49. The van der Waals surface area contributed by atoms with Crippen LogP contribution in [0.3, 0.4) is 0 Å². The van der Waals surface area contributed by atoms with Crippen molar-refractivity contribution in [3.63, 3.8) is 0 Å². The van der Waals surface area contributed by atoms with Gasteiger partial charge in [0.15, 0.2) is 0 Å². The van der Waals surface area contributed by atoms with E-state index in [-0.39, 0.29) is 0 Å². The van der Waals surface area contributed by atoms with Crippen LogP contribution in [0.25, 0.3) is 0 Å². The van der Waals surface area contributed by atoms with E-state index < -0.39 is 11.0 Å². The van der Waals surface area contributed by atoms with Crippen LogP contribution in [0.4, 0.5) is 5.69 Å². The first-order valence-corrected chi connectivity index (χ1v) is 10.6. The van der Waals surface area contributed by atoms with Gasteiger partial charge in [0.1, 0.15) is 5.41 Å². The topological polar surface area (TPSA) is 27.0 Å². The van der Waals surface area contributed by atoms with Crippen molar-refractivity contribution in [2.75, 3.05) is 11.4 Å². The molecule has 2 unspecified atom stereocenters. The predicted octanol–water partition coefficient (Wildman–Crippen LogP) is 6.44. The molecule has 1 fully saturated rings. The summed E-state index contributed by atoms with van der Waals surface area (Å²) in [7, 11) is 0. The van der Waals surface area contributed by atoms with Crippen LogP contribution in [0.1, 0.15) is 43.7 Å². The molecule has 1 aliphatic heterocycles. The molecule has 0 bridgehead atoms. The van der Waals surface area contributed by atoms with Crippen molar-refractivity contribution in [1.29, 1.82) is 5.26 Å². The summed E-state index contributed by atoms with van der Waals surface area (Å²) in [4.78, 5) is 2.52. The van der Waals surface area contributed by atoms with Crippen LogP contribution in [0.15, 0.2) is 91.0 Å². The molecule has 4 rings (SSSR count). The van der Waals surface area contributed by atoms with Crippen LogP contribution < -0.4 is 4.90 Å². The van der Waals surface area contributed by atoms with E-state index in [0.29, 0.717) is 0 Å². The minimum absolute atomic E-state index is 0.418. The van der Waals surface area contributed by atoms with Crippen molar-refractivity contribution < 1.29 is 0 Å². The standard InChI is InChI=1S/C27H28N2/c1-2-19-27(24-15-8-4-9-16-24)26(22-28,23-13-6-3-7-14-23)20-12-21-29(27)25-17-10-5-11-18-25/h3-11,13-18H,2,12,19-21H2,1H3. The SMILES string of the molecule is CCCC1(c2ccccc2)N(c2ccccc2)CCCC1(C#N)c1ccccc1. The lowest BCUT2D eigenvalue weighted by molar-refractivity contribution is 0.187. The lowest BCUT2D eigenvalue weighted by Gasteiger charge is -2.58. The lowest BCUT2D eigenvalue weighted by atomic mass is 9.56. The summed E-state index contributed by atoms with van der Waals surface area (Å²) in [6.07, 6.45) is 3.80. The summed E-state index contributed by atoms with van der Waals surface area (Å²) in [6, 6.07) is 34.7. The van der Waals surface area contributed by atoms with E-state index in [2.05, 4.69) is 103 Å². The van der Waals surface area contributed by atoms with Gasteiger partial charge in [0, 0.05) is 12.2 Å². The fourth-order valence-corrected chi connectivity index (χ4v) is 5.38. The van der Waals surface area contributed by atoms with E-state index in [1.807, 2.05) is 6.07 Å². The van der Waals surface area contributed by atoms with Crippen LogP contribution in [-0.2, 0) is 11.0 Å². The molecule has 0 N–H and O–H groups in total. The van der Waals surface area contributed by atoms with Crippen molar-refractivity contribution in [2.24, 2.45) is 0 Å². The van der Waals surface area contributed by atoms with Crippen LogP contribution in [-0.4, -0.2) is 6.54 Å². The first kappa shape index (κ1) is 19.3. The molecule has 0 aromatic heterocycles. The average molecular weight is 381 g/mol. The fourth-order valence-electron chi connectivity index (χ4n) is 5.38. The van der Waals surface area contributed by atoms with Gasteiger partial charge in [-0.1, -0.05) is 92.2 Å². The fraction of sp³-hybridized carbons (Fsp3) is 0.296. The number of rotatable bonds is 5. The molecule has 2 nitrogen and oxygen atoms in total. The average Bonchev–Trinajstić information content (AvgIpc) is 2.81. The van der Waals surface area contributed by atoms with E-state index in [9.17, 15) is 5.26 Å². The molecule has 0 spiro atoms. The largest absolute Gasteiger partial charge is 0.360 e. The maximum Gasteiger partial charge on any atom is 0.110 e. The summed E-state index contributed by atoms with van der Waals surface area (Å²) < 4.78 is 0. The monoisotopic (exact) mass is 380 g/mol. The Morgan fingerprint density at radius 2 is 1.38 bits per heavy atom. The van der Waals surface area contributed by atoms with Gasteiger partial charge in [-0.05, 0) is 42.5 Å². The van der Waals surface area contributed by atoms with Gasteiger partial charge in [-0.25, -0.2) is 0 Å². The zero-order valence-corrected chi connectivity index (χ0v) is 17.1. The number of piperidine rings is 1. The molecule has 0 radical (unpaired) electrons. The van der Waals surface area contributed by atoms with Crippen molar-refractivity contribution in [3.05, 3.63) is 102 Å². The van der Waals surface area contributed by atoms with Crippen molar-refractivity contribution in [2.45, 2.75) is 43.6 Å². The normalized spacial score (nSPS) is 24.1. The molecule has 146 valence electrons. The maximum absolute atomic E-state index is 10.8. The Hall–Kier alpha value is -3.05. The number of para-hydroxylation sites is 1. The molecule has 29 heavy (non-hydrogen) atoms. The number of hydrogen-bond donors (Lipinski definition) is 0. The Morgan fingerprint density at radius 1 is 0.828 bits per heavy atom. The highest BCUT2D eigenvalue weighted by atomic mass is 15.2. The zero-order valence-electron chi connectivity index (χ0n) is 17.1. The van der Waals surface area contributed by atoms with E-state index in [1.54, 1.807) is 0 Å². The smallest absolute Gasteiger partial charge is 0.110 e. The minimum atomic E-state index is -0.611. The van der Waals surface area contributed by atoms with Gasteiger partial charge < -0.3 is 4.90 Å². The Balaban J connectivity index is 2.05. The molecule has 0 saturated carbocycles. The Morgan fingerprint density at radius 3 is 1.93 bits per heavy atom. The number of nitriles is 1. The minimum Gasteiger partial charge on any atom is -0.360 e. The third kappa shape index (κ3) is 3.02. The van der Waals surface area contributed by atoms with Gasteiger partial charge in [-0.15, -0.1) is 0 Å². The van der Waals surface area contributed by atoms with Gasteiger partial charge in [-0.3, -0.25) is 0 Å². The number of hydrogen-bond acceptors (Lipinski definition) is 2. The van der Waals surface area contributed by atoms with E-state index in [0.717, 1.165) is 37.8 Å². The quantitative estimate of drug-likeness (QED) is 0.509. The van der Waals surface area contributed by atoms with E-state index in [4.69, 9.17) is 0 Å². The number of anilines is 1. The van der Waals surface area contributed by atoms with Crippen LogP contribution in [0.2, 0.25) is 0 Å². The van der Waals surface area contributed by atoms with E-state index >= 15 is 0 Å². The molecule has 1 saturated heterocycles. The highest BCUT2D eigenvalue weighted by Gasteiger charge is 2.58. The second-order valence-corrected chi connectivity index (χ2v) is 7.95. The molecule has 3 aromatic rings. The van der Waals surface area contributed by atoms with Gasteiger partial charge >= 0.3 is 0 Å². The molecular weight excluding hydrogens is 352 g/mol. The molecule has 3 aromatic carbocycles. The third-order valence-electron chi connectivity index (χ3n) is 6.49. The summed E-state index contributed by atoms with van der Waals surface area (Å²) in [5.41, 5.74) is 2.52. The van der Waals surface area contributed by atoms with Crippen molar-refractivity contribution in [3.8, 4) is 6.07 Å². The summed E-state index contributed by atoms with van der Waals surface area (Å²) in [6.45, 7) is 3.19. The Labute approximate surface area is 174 Å². The highest BCUT2D eigenvalue weighted by Crippen LogP contribution is 2.55. The number of benzene rings is 3. The molecular formula is C27H28N2. The van der Waals surface area contributed by atoms with Crippen LogP contribution in [0.5, 0.6) is 0 Å². The molecule has 0 aliphatic carbocycles. The zero-order chi connectivity index (χ0) is 20.2. The molecule has 2 atom stereocenters. The van der Waals surface area contributed by atoms with Gasteiger partial charge in [0.25, 0.3) is 0 Å². The van der Waals surface area contributed by atoms with Crippen molar-refractivity contribution >= 4 is 5.69 Å². The second kappa shape index (κ2) is 8.13. The van der Waals surface area contributed by atoms with Gasteiger partial charge in [0.05, 0.1) is 11.6 Å². The summed E-state index contributed by atoms with van der Waals surface area (Å²) in [5, 5.41) is 10.8. The van der Waals surface area contributed by atoms with Gasteiger partial charge in [0.2, 0.25) is 0 Å². The van der Waals surface area contributed by atoms with Gasteiger partial charge in [-0.2, -0.15) is 5.26 Å². The predicted molar refractivity (Wildman–Crippen MR) is 120 cm³/mol. The molecule has 1 heterocycles. The summed E-state index contributed by atoms with van der Waals surface area (Å²) in [5.74, 6) is 0. The number of nitrogens with zero attached hydrogens (tertiary/aromatic N) is 2. The lowest BCUT2D eigenvalue weighted by Crippen LogP contribution is -2.63. The highest BCUT2D eigenvalue weighted by molar-refractivity contribution is 5.58. The Kier molecular flexibility index (Phi) is 5.41. The van der Waals surface area contributed by atoms with E-state index in [1.165, 1.54) is 11.3 Å². The molecule has 2 heteroatoms. The first-order chi connectivity index (χ1) is 14.3. The maximum atomic E-state index is 10.8. The summed E-state index contributed by atoms with van der Waals surface area (Å²) >= 11 is 0. The second-order valence-electron chi connectivity index (χ2n) is 7.95.